The summed E-state index contributed by atoms with van der Waals surface area (Å²) in [4.78, 5) is 13.8. The van der Waals surface area contributed by atoms with E-state index in [2.05, 4.69) is 19.2 Å². The van der Waals surface area contributed by atoms with Crippen LogP contribution in [-0.4, -0.2) is 30.4 Å². The molecule has 1 amide bonds. The highest BCUT2D eigenvalue weighted by Gasteiger charge is 2.17. The molecule has 0 aliphatic rings. The van der Waals surface area contributed by atoms with Crippen LogP contribution in [0.1, 0.15) is 38.8 Å². The second-order valence-electron chi connectivity index (χ2n) is 4.92. The van der Waals surface area contributed by atoms with Crippen LogP contribution in [0.4, 0.5) is 0 Å². The number of likely N-dealkylation sites (N-methyl/N-ethyl adjacent to an activating group) is 1. The molecule has 0 bridgehead atoms. The number of nitrogens with zero attached hydrogens (tertiary/aromatic N) is 1. The molecule has 0 spiro atoms. The molecule has 0 aliphatic carbocycles. The van der Waals surface area contributed by atoms with Gasteiger partial charge in [-0.05, 0) is 38.0 Å². The summed E-state index contributed by atoms with van der Waals surface area (Å²) in [6.07, 6.45) is 1.02. The molecule has 1 aromatic carbocycles. The second-order valence-corrected chi connectivity index (χ2v) is 5.36. The standard InChI is InChI=1S/C15H23ClN2O/c1-5-11(2)17-10-15(19)18(4)12(3)13-6-8-14(16)9-7-13/h6-9,11-12,17H,5,10H2,1-4H3. The van der Waals surface area contributed by atoms with Crippen LogP contribution in [0.3, 0.4) is 0 Å². The number of amides is 1. The Hall–Kier alpha value is -1.06. The summed E-state index contributed by atoms with van der Waals surface area (Å²) in [6, 6.07) is 8.02. The molecule has 3 nitrogen and oxygen atoms in total. The minimum Gasteiger partial charge on any atom is -0.338 e. The van der Waals surface area contributed by atoms with Crippen LogP contribution in [0.2, 0.25) is 5.02 Å². The van der Waals surface area contributed by atoms with Gasteiger partial charge in [0.05, 0.1) is 12.6 Å². The molecule has 1 rings (SSSR count). The number of nitrogens with one attached hydrogen (secondary N) is 1. The molecular weight excluding hydrogens is 260 g/mol. The molecule has 19 heavy (non-hydrogen) atoms. The Kier molecular flexibility index (Phi) is 6.32. The number of benzene rings is 1. The van der Waals surface area contributed by atoms with Gasteiger partial charge >= 0.3 is 0 Å². The van der Waals surface area contributed by atoms with Crippen molar-refractivity contribution in [3.8, 4) is 0 Å². The van der Waals surface area contributed by atoms with Gasteiger partial charge in [-0.3, -0.25) is 4.79 Å². The van der Waals surface area contributed by atoms with Crippen LogP contribution in [-0.2, 0) is 4.79 Å². The van der Waals surface area contributed by atoms with Gasteiger partial charge in [-0.1, -0.05) is 30.7 Å². The Bertz CT molecular complexity index is 405. The molecule has 2 atom stereocenters. The van der Waals surface area contributed by atoms with Crippen molar-refractivity contribution in [3.05, 3.63) is 34.9 Å². The summed E-state index contributed by atoms with van der Waals surface area (Å²) < 4.78 is 0. The van der Waals surface area contributed by atoms with Gasteiger partial charge in [0.1, 0.15) is 0 Å². The second kappa shape index (κ2) is 7.51. The van der Waals surface area contributed by atoms with Crippen molar-refractivity contribution in [1.82, 2.24) is 10.2 Å². The third-order valence-electron chi connectivity index (χ3n) is 3.54. The fraction of sp³-hybridized carbons (Fsp3) is 0.533. The summed E-state index contributed by atoms with van der Waals surface area (Å²) in [6.45, 7) is 6.58. The highest BCUT2D eigenvalue weighted by Crippen LogP contribution is 2.20. The maximum Gasteiger partial charge on any atom is 0.236 e. The Labute approximate surface area is 120 Å². The van der Waals surface area contributed by atoms with Crippen LogP contribution in [0.15, 0.2) is 24.3 Å². The normalized spacial score (nSPS) is 13.9. The summed E-state index contributed by atoms with van der Waals surface area (Å²) in [5.41, 5.74) is 1.09. The van der Waals surface area contributed by atoms with E-state index < -0.39 is 0 Å². The van der Waals surface area contributed by atoms with Gasteiger partial charge in [0.15, 0.2) is 0 Å². The number of carbonyl (C=O) groups excluding carboxylic acids is 1. The minimum absolute atomic E-state index is 0.0449. The van der Waals surface area contributed by atoms with Crippen molar-refractivity contribution >= 4 is 17.5 Å². The van der Waals surface area contributed by atoms with Crippen molar-refractivity contribution in [2.45, 2.75) is 39.3 Å². The van der Waals surface area contributed by atoms with Crippen LogP contribution < -0.4 is 5.32 Å². The fourth-order valence-electron chi connectivity index (χ4n) is 1.71. The van der Waals surface area contributed by atoms with Crippen molar-refractivity contribution in [2.24, 2.45) is 0 Å². The molecule has 1 aromatic rings. The van der Waals surface area contributed by atoms with E-state index in [1.165, 1.54) is 0 Å². The lowest BCUT2D eigenvalue weighted by Crippen LogP contribution is -2.39. The summed E-state index contributed by atoms with van der Waals surface area (Å²) in [7, 11) is 1.83. The van der Waals surface area contributed by atoms with Crippen molar-refractivity contribution < 1.29 is 4.79 Å². The van der Waals surface area contributed by atoms with E-state index in [0.717, 1.165) is 12.0 Å². The maximum absolute atomic E-state index is 12.1. The van der Waals surface area contributed by atoms with Crippen LogP contribution >= 0.6 is 11.6 Å². The third-order valence-corrected chi connectivity index (χ3v) is 3.79. The number of carbonyl (C=O) groups is 1. The monoisotopic (exact) mass is 282 g/mol. The zero-order valence-corrected chi connectivity index (χ0v) is 12.9. The molecule has 106 valence electrons. The van der Waals surface area contributed by atoms with Gasteiger partial charge in [0.25, 0.3) is 0 Å². The minimum atomic E-state index is 0.0449. The van der Waals surface area contributed by atoms with Crippen LogP contribution in [0, 0.1) is 0 Å². The Morgan fingerprint density at radius 1 is 1.32 bits per heavy atom. The molecular formula is C15H23ClN2O. The molecule has 0 fully saturated rings. The van der Waals surface area contributed by atoms with E-state index in [0.29, 0.717) is 17.6 Å². The average Bonchev–Trinajstić information content (AvgIpc) is 2.43. The van der Waals surface area contributed by atoms with Crippen LogP contribution in [0.25, 0.3) is 0 Å². The first kappa shape index (κ1) is 16.0. The molecule has 0 radical (unpaired) electrons. The Morgan fingerprint density at radius 2 is 1.89 bits per heavy atom. The molecule has 0 saturated heterocycles. The third kappa shape index (κ3) is 4.84. The van der Waals surface area contributed by atoms with E-state index in [1.807, 2.05) is 38.2 Å². The van der Waals surface area contributed by atoms with Crippen molar-refractivity contribution in [3.63, 3.8) is 0 Å². The Morgan fingerprint density at radius 3 is 2.42 bits per heavy atom. The average molecular weight is 283 g/mol. The number of halogens is 1. The molecule has 1 N–H and O–H groups in total. The number of rotatable bonds is 6. The van der Waals surface area contributed by atoms with E-state index >= 15 is 0 Å². The molecule has 4 heteroatoms. The Balaban J connectivity index is 2.58. The number of hydrogen-bond acceptors (Lipinski definition) is 2. The van der Waals surface area contributed by atoms with E-state index in [4.69, 9.17) is 11.6 Å². The molecule has 0 aromatic heterocycles. The van der Waals surface area contributed by atoms with Crippen LogP contribution in [0.5, 0.6) is 0 Å². The largest absolute Gasteiger partial charge is 0.338 e. The van der Waals surface area contributed by atoms with Gasteiger partial charge in [-0.15, -0.1) is 0 Å². The highest BCUT2D eigenvalue weighted by atomic mass is 35.5. The summed E-state index contributed by atoms with van der Waals surface area (Å²) in [5.74, 6) is 0.0998. The molecule has 2 unspecified atom stereocenters. The predicted octanol–water partition coefficient (Wildman–Crippen LogP) is 3.25. The van der Waals surface area contributed by atoms with Gasteiger partial charge in [-0.25, -0.2) is 0 Å². The van der Waals surface area contributed by atoms with Gasteiger partial charge in [0, 0.05) is 18.1 Å². The van der Waals surface area contributed by atoms with Gasteiger partial charge < -0.3 is 10.2 Å². The maximum atomic E-state index is 12.1. The van der Waals surface area contributed by atoms with E-state index in [-0.39, 0.29) is 11.9 Å². The first-order valence-corrected chi connectivity index (χ1v) is 7.08. The topological polar surface area (TPSA) is 32.3 Å². The SMILES string of the molecule is CCC(C)NCC(=O)N(C)C(C)c1ccc(Cl)cc1. The van der Waals surface area contributed by atoms with Crippen molar-refractivity contribution in [1.29, 1.82) is 0 Å². The number of hydrogen-bond donors (Lipinski definition) is 1. The predicted molar refractivity (Wildman–Crippen MR) is 80.4 cm³/mol. The lowest BCUT2D eigenvalue weighted by molar-refractivity contribution is -0.131. The quantitative estimate of drug-likeness (QED) is 0.869. The van der Waals surface area contributed by atoms with Crippen molar-refractivity contribution in [2.75, 3.05) is 13.6 Å². The summed E-state index contributed by atoms with van der Waals surface area (Å²) in [5, 5.41) is 3.93. The molecule has 0 saturated carbocycles. The molecule has 0 aliphatic heterocycles. The molecule has 0 heterocycles. The fourth-order valence-corrected chi connectivity index (χ4v) is 1.84. The van der Waals surface area contributed by atoms with E-state index in [1.54, 1.807) is 4.90 Å². The zero-order valence-electron chi connectivity index (χ0n) is 12.1. The first-order valence-electron chi connectivity index (χ1n) is 6.70. The smallest absolute Gasteiger partial charge is 0.236 e. The summed E-state index contributed by atoms with van der Waals surface area (Å²) >= 11 is 5.87. The lowest BCUT2D eigenvalue weighted by Gasteiger charge is -2.26. The zero-order chi connectivity index (χ0) is 14.4. The first-order chi connectivity index (χ1) is 8.95. The lowest BCUT2D eigenvalue weighted by atomic mass is 10.1. The van der Waals surface area contributed by atoms with E-state index in [9.17, 15) is 4.79 Å². The van der Waals surface area contributed by atoms with Gasteiger partial charge in [-0.2, -0.15) is 0 Å². The highest BCUT2D eigenvalue weighted by molar-refractivity contribution is 6.30. The van der Waals surface area contributed by atoms with Gasteiger partial charge in [0.2, 0.25) is 5.91 Å².